The van der Waals surface area contributed by atoms with Gasteiger partial charge in [-0.2, -0.15) is 15.2 Å². The van der Waals surface area contributed by atoms with Crippen LogP contribution >= 0.6 is 22.9 Å². The van der Waals surface area contributed by atoms with E-state index in [-0.39, 0.29) is 42.3 Å². The number of nitriles is 1. The minimum Gasteiger partial charge on any atom is -0.389 e. The summed E-state index contributed by atoms with van der Waals surface area (Å²) >= 11 is 7.67. The molecule has 216 valence electrons. The van der Waals surface area contributed by atoms with Crippen molar-refractivity contribution in [1.82, 2.24) is 25.2 Å². The van der Waals surface area contributed by atoms with Crippen LogP contribution in [0.1, 0.15) is 5.56 Å². The molecule has 0 saturated carbocycles. The number of hydrogen-bond acceptors (Lipinski definition) is 10. The summed E-state index contributed by atoms with van der Waals surface area (Å²) in [5.41, 5.74) is 6.82. The number of likely N-dealkylation sites (N-methyl/N-ethyl adjacent to an activating group) is 2. The van der Waals surface area contributed by atoms with Gasteiger partial charge < -0.3 is 25.8 Å². The van der Waals surface area contributed by atoms with E-state index < -0.39 is 11.6 Å². The molecular formula is C29H28ClF2N9S. The molecule has 0 amide bonds. The van der Waals surface area contributed by atoms with Crippen molar-refractivity contribution in [3.8, 4) is 17.2 Å². The zero-order chi connectivity index (χ0) is 29.7. The number of rotatable bonds is 6. The van der Waals surface area contributed by atoms with Gasteiger partial charge in [0.2, 0.25) is 5.95 Å². The van der Waals surface area contributed by atoms with Crippen LogP contribution in [0.15, 0.2) is 24.3 Å². The maximum Gasteiger partial charge on any atom is 0.229 e. The van der Waals surface area contributed by atoms with Crippen molar-refractivity contribution in [2.24, 2.45) is 0 Å². The molecule has 42 heavy (non-hydrogen) atoms. The van der Waals surface area contributed by atoms with Crippen molar-refractivity contribution in [3.05, 3.63) is 46.5 Å². The average Bonchev–Trinajstić information content (AvgIpc) is 3.32. The number of pyridine rings is 1. The van der Waals surface area contributed by atoms with E-state index in [2.05, 4.69) is 15.1 Å². The number of fused-ring (bicyclic) bond motifs is 3. The average molecular weight is 608 g/mol. The molecule has 1 aliphatic heterocycles. The third-order valence-corrected chi connectivity index (χ3v) is 8.80. The highest BCUT2D eigenvalue weighted by Crippen LogP contribution is 2.45. The first-order chi connectivity index (χ1) is 20.2. The van der Waals surface area contributed by atoms with E-state index in [1.807, 2.05) is 38.2 Å². The van der Waals surface area contributed by atoms with Gasteiger partial charge in [0.25, 0.3) is 0 Å². The molecule has 1 saturated heterocycles. The second-order valence-corrected chi connectivity index (χ2v) is 12.0. The second kappa shape index (κ2) is 11.1. The molecule has 4 heterocycles. The Morgan fingerprint density at radius 3 is 2.60 bits per heavy atom. The Morgan fingerprint density at radius 2 is 1.88 bits per heavy atom. The van der Waals surface area contributed by atoms with Gasteiger partial charge in [-0.3, -0.25) is 0 Å². The molecular weight excluding hydrogens is 580 g/mol. The molecule has 2 aromatic carbocycles. The summed E-state index contributed by atoms with van der Waals surface area (Å²) in [5.74, 6) is -0.00916. The molecule has 0 bridgehead atoms. The van der Waals surface area contributed by atoms with Gasteiger partial charge in [-0.15, -0.1) is 11.3 Å². The highest BCUT2D eigenvalue weighted by atomic mass is 35.5. The predicted octanol–water partition coefficient (Wildman–Crippen LogP) is 4.85. The Kier molecular flexibility index (Phi) is 7.44. The van der Waals surface area contributed by atoms with E-state index in [1.54, 1.807) is 6.07 Å². The molecule has 0 unspecified atom stereocenters. The lowest BCUT2D eigenvalue weighted by atomic mass is 9.97. The Hall–Kier alpha value is -3.89. The number of thiophene rings is 1. The zero-order valence-corrected chi connectivity index (χ0v) is 24.9. The number of halogens is 3. The van der Waals surface area contributed by atoms with Crippen molar-refractivity contribution < 1.29 is 8.78 Å². The lowest BCUT2D eigenvalue weighted by Gasteiger charge is -2.30. The van der Waals surface area contributed by atoms with Gasteiger partial charge in [-0.25, -0.2) is 13.8 Å². The molecule has 0 atom stereocenters. The maximum atomic E-state index is 16.5. The summed E-state index contributed by atoms with van der Waals surface area (Å²) in [6.07, 6.45) is 0. The van der Waals surface area contributed by atoms with Crippen molar-refractivity contribution in [3.63, 3.8) is 0 Å². The fourth-order valence-electron chi connectivity index (χ4n) is 5.26. The van der Waals surface area contributed by atoms with Crippen LogP contribution in [0.4, 0.5) is 25.5 Å². The normalized spacial score (nSPS) is 13.9. The lowest BCUT2D eigenvalue weighted by molar-refractivity contribution is 0.415. The Morgan fingerprint density at radius 1 is 1.12 bits per heavy atom. The topological polar surface area (TPSA) is 110 Å². The first-order valence-corrected chi connectivity index (χ1v) is 14.6. The largest absolute Gasteiger partial charge is 0.389 e. The summed E-state index contributed by atoms with van der Waals surface area (Å²) in [4.78, 5) is 20.6. The van der Waals surface area contributed by atoms with Crippen molar-refractivity contribution in [1.29, 1.82) is 5.26 Å². The smallest absolute Gasteiger partial charge is 0.229 e. The van der Waals surface area contributed by atoms with Gasteiger partial charge in [-0.1, -0.05) is 17.7 Å². The summed E-state index contributed by atoms with van der Waals surface area (Å²) in [7, 11) is 5.92. The lowest BCUT2D eigenvalue weighted by Crippen LogP contribution is -2.44. The monoisotopic (exact) mass is 607 g/mol. The van der Waals surface area contributed by atoms with E-state index >= 15 is 4.39 Å². The van der Waals surface area contributed by atoms with Crippen molar-refractivity contribution >= 4 is 71.7 Å². The van der Waals surface area contributed by atoms with Crippen LogP contribution in [0.25, 0.3) is 43.1 Å². The van der Waals surface area contributed by atoms with Gasteiger partial charge >= 0.3 is 0 Å². The molecule has 6 rings (SSSR count). The first kappa shape index (κ1) is 28.2. The molecule has 9 nitrogen and oxygen atoms in total. The Labute approximate surface area is 250 Å². The molecule has 13 heteroatoms. The third kappa shape index (κ3) is 4.82. The summed E-state index contributed by atoms with van der Waals surface area (Å²) in [6, 6.07) is 8.14. The summed E-state index contributed by atoms with van der Waals surface area (Å²) < 4.78 is 31.4. The standard InChI is InChI=1S/C29H28ClF2N9S/c1-39(2)10-11-40(3)29-37-27-17(28(38-29)41-8-6-35-7-9-41)12-15-13-19(30)22(23(32)24(15)36-27)16-4-5-20(31)25-21(16)18(14-33)26(34)42-25/h4-5,12-13,35H,6-11,34H2,1-3H3. The maximum absolute atomic E-state index is 16.5. The molecule has 0 radical (unpaired) electrons. The Balaban J connectivity index is 1.59. The minimum atomic E-state index is -0.689. The van der Waals surface area contributed by atoms with Crippen LogP contribution in [-0.4, -0.2) is 80.3 Å². The van der Waals surface area contributed by atoms with Crippen LogP contribution in [0.3, 0.4) is 0 Å². The fourth-order valence-corrected chi connectivity index (χ4v) is 6.51. The predicted molar refractivity (Wildman–Crippen MR) is 167 cm³/mol. The quantitative estimate of drug-likeness (QED) is 0.262. The number of nitrogens with zero attached hydrogens (tertiary/aromatic N) is 7. The molecule has 5 aromatic rings. The number of hydrogen-bond donors (Lipinski definition) is 2. The molecule has 1 fully saturated rings. The van der Waals surface area contributed by atoms with Gasteiger partial charge in [0.15, 0.2) is 11.5 Å². The van der Waals surface area contributed by atoms with Crippen molar-refractivity contribution in [2.75, 3.05) is 75.9 Å². The zero-order valence-electron chi connectivity index (χ0n) is 23.3. The number of nitrogen functional groups attached to an aromatic ring is 1. The first-order valence-electron chi connectivity index (χ1n) is 13.4. The number of nitrogens with two attached hydrogens (primary N) is 1. The van der Waals surface area contributed by atoms with E-state index in [1.165, 1.54) is 12.1 Å². The second-order valence-electron chi connectivity index (χ2n) is 10.5. The number of piperazine rings is 1. The van der Waals surface area contributed by atoms with Crippen LogP contribution in [0.2, 0.25) is 5.02 Å². The third-order valence-electron chi connectivity index (χ3n) is 7.47. The molecule has 3 aromatic heterocycles. The highest BCUT2D eigenvalue weighted by molar-refractivity contribution is 7.23. The molecule has 3 N–H and O–H groups in total. The number of aromatic nitrogens is 3. The SMILES string of the molecule is CN(C)CCN(C)c1nc(N2CCNCC2)c2cc3cc(Cl)c(-c4ccc(F)c5sc(N)c(C#N)c45)c(F)c3nc2n1. The van der Waals surface area contributed by atoms with E-state index in [0.717, 1.165) is 49.9 Å². The minimum absolute atomic E-state index is 0.0232. The fraction of sp³-hybridized carbons (Fsp3) is 0.310. The van der Waals surface area contributed by atoms with Crippen molar-refractivity contribution in [2.45, 2.75) is 0 Å². The van der Waals surface area contributed by atoms with E-state index in [0.29, 0.717) is 28.9 Å². The highest BCUT2D eigenvalue weighted by Gasteiger charge is 2.25. The van der Waals surface area contributed by atoms with E-state index in [4.69, 9.17) is 32.3 Å². The summed E-state index contributed by atoms with van der Waals surface area (Å²) in [6.45, 7) is 4.62. The van der Waals surface area contributed by atoms with Crippen LogP contribution < -0.4 is 20.9 Å². The van der Waals surface area contributed by atoms with Gasteiger partial charge in [0, 0.05) is 62.7 Å². The van der Waals surface area contributed by atoms with Gasteiger partial charge in [-0.05, 0) is 37.9 Å². The van der Waals surface area contributed by atoms with Crippen LogP contribution in [0.5, 0.6) is 0 Å². The van der Waals surface area contributed by atoms with Gasteiger partial charge in [0.05, 0.1) is 20.7 Å². The molecule has 1 aliphatic rings. The number of benzene rings is 2. The number of anilines is 3. The molecule has 0 aliphatic carbocycles. The van der Waals surface area contributed by atoms with Gasteiger partial charge in [0.1, 0.15) is 28.2 Å². The van der Waals surface area contributed by atoms with Crippen LogP contribution in [0, 0.1) is 23.0 Å². The number of nitrogens with one attached hydrogen (secondary N) is 1. The summed E-state index contributed by atoms with van der Waals surface area (Å²) in [5, 5.41) is 14.8. The van der Waals surface area contributed by atoms with E-state index in [9.17, 15) is 9.65 Å². The Bertz CT molecular complexity index is 1900. The van der Waals surface area contributed by atoms with Crippen LogP contribution in [-0.2, 0) is 0 Å². The molecule has 0 spiro atoms.